The molecule has 10 heteroatoms. The first-order valence-electron chi connectivity index (χ1n) is 11.5. The Kier molecular flexibility index (Phi) is 8.21. The Balaban J connectivity index is 1.70. The van der Waals surface area contributed by atoms with Gasteiger partial charge in [-0.15, -0.1) is 6.42 Å². The molecule has 2 aromatic rings. The first-order valence-corrected chi connectivity index (χ1v) is 11.5. The molecule has 33 heavy (non-hydrogen) atoms. The van der Waals surface area contributed by atoms with Gasteiger partial charge in [-0.3, -0.25) is 9.36 Å². The largest absolute Gasteiger partial charge is 0.461 e. The highest BCUT2D eigenvalue weighted by atomic mass is 19.1. The molecule has 1 fully saturated rings. The van der Waals surface area contributed by atoms with Gasteiger partial charge in [0.15, 0.2) is 22.6 Å². The molecule has 180 valence electrons. The fourth-order valence-corrected chi connectivity index (χ4v) is 4.19. The van der Waals surface area contributed by atoms with Crippen molar-refractivity contribution in [3.63, 3.8) is 0 Å². The molecule has 4 atom stereocenters. The number of terminal acetylenes is 1. The first-order chi connectivity index (χ1) is 15.8. The zero-order chi connectivity index (χ0) is 24.0. The molecule has 1 aliphatic heterocycles. The van der Waals surface area contributed by atoms with Crippen LogP contribution in [-0.4, -0.2) is 48.9 Å². The van der Waals surface area contributed by atoms with Crippen LogP contribution in [0.4, 0.5) is 10.2 Å². The number of ether oxygens (including phenoxy) is 2. The van der Waals surface area contributed by atoms with Crippen molar-refractivity contribution in [2.45, 2.75) is 83.1 Å². The summed E-state index contributed by atoms with van der Waals surface area (Å²) < 4.78 is 26.7. The number of carbonyl (C=O) groups excluding carboxylic acids is 1. The molecule has 1 aliphatic rings. The number of fused-ring (bicyclic) bond motifs is 1. The molecule has 0 aromatic carbocycles. The lowest BCUT2D eigenvalue weighted by atomic mass is 9.95. The van der Waals surface area contributed by atoms with Crippen molar-refractivity contribution in [3.8, 4) is 12.3 Å². The zero-order valence-corrected chi connectivity index (χ0v) is 19.2. The van der Waals surface area contributed by atoms with E-state index in [4.69, 9.17) is 21.6 Å². The number of hydrogen-bond acceptors (Lipinski definition) is 8. The number of nitrogen functional groups attached to an aromatic ring is 1. The Morgan fingerprint density at radius 2 is 2.18 bits per heavy atom. The normalized spacial score (nSPS) is 23.5. The summed E-state index contributed by atoms with van der Waals surface area (Å²) in [7, 11) is 0. The summed E-state index contributed by atoms with van der Waals surface area (Å²) >= 11 is 0. The summed E-state index contributed by atoms with van der Waals surface area (Å²) in [5.74, 6) is 1.81. The van der Waals surface area contributed by atoms with E-state index in [1.807, 2.05) is 6.92 Å². The average Bonchev–Trinajstić information content (AvgIpc) is 3.35. The molecule has 0 radical (unpaired) electrons. The maximum absolute atomic E-state index is 13.7. The number of imidazole rings is 1. The van der Waals surface area contributed by atoms with E-state index < -0.39 is 24.0 Å². The van der Waals surface area contributed by atoms with E-state index in [9.17, 15) is 14.3 Å². The molecule has 0 aliphatic carbocycles. The minimum Gasteiger partial charge on any atom is -0.461 e. The number of anilines is 1. The number of hydrogen-bond donors (Lipinski definition) is 2. The lowest BCUT2D eigenvalue weighted by Gasteiger charge is -2.27. The van der Waals surface area contributed by atoms with Crippen molar-refractivity contribution in [1.29, 1.82) is 0 Å². The number of nitrogens with two attached hydrogens (primary N) is 1. The Bertz CT molecular complexity index is 1010. The topological polar surface area (TPSA) is 125 Å². The maximum atomic E-state index is 13.7. The standard InChI is InChI=1S/C23H32FN5O4/c1-4-7-8-9-11-15(10-5-2)21(31)32-13-23(6-3)16(30)12-17(33-23)29-14-26-18-19(25)27-22(24)28-20(18)29/h3,14-17,30H,4-5,7-13H2,1-2H3,(H2,25,27,28)/t15?,16-,17+,23+/m0/s1. The Labute approximate surface area is 192 Å². The van der Waals surface area contributed by atoms with Crippen molar-refractivity contribution < 1.29 is 23.8 Å². The van der Waals surface area contributed by atoms with Crippen molar-refractivity contribution >= 4 is 23.0 Å². The molecular formula is C23H32FN5O4. The fraction of sp³-hybridized carbons (Fsp3) is 0.652. The Hall–Kier alpha value is -2.77. The molecule has 9 nitrogen and oxygen atoms in total. The van der Waals surface area contributed by atoms with Crippen LogP contribution < -0.4 is 5.73 Å². The van der Waals surface area contributed by atoms with Crippen LogP contribution in [0.15, 0.2) is 6.33 Å². The Morgan fingerprint density at radius 1 is 1.39 bits per heavy atom. The number of aliphatic hydroxyl groups excluding tert-OH is 1. The lowest BCUT2D eigenvalue weighted by Crippen LogP contribution is -2.43. The quantitative estimate of drug-likeness (QED) is 0.226. The predicted molar refractivity (Wildman–Crippen MR) is 120 cm³/mol. The number of esters is 1. The number of nitrogens with zero attached hydrogens (tertiary/aromatic N) is 4. The van der Waals surface area contributed by atoms with E-state index in [0.717, 1.165) is 44.9 Å². The second-order valence-electron chi connectivity index (χ2n) is 8.50. The summed E-state index contributed by atoms with van der Waals surface area (Å²) in [4.78, 5) is 24.1. The number of halogens is 1. The molecule has 0 spiro atoms. The molecule has 0 saturated carbocycles. The summed E-state index contributed by atoms with van der Waals surface area (Å²) in [6.07, 6.45) is 10.9. The predicted octanol–water partition coefficient (Wildman–Crippen LogP) is 3.13. The number of aromatic nitrogens is 4. The minimum absolute atomic E-state index is 0.0775. The average molecular weight is 462 g/mol. The van der Waals surface area contributed by atoms with Crippen LogP contribution in [0.5, 0.6) is 0 Å². The van der Waals surface area contributed by atoms with Gasteiger partial charge >= 0.3 is 12.0 Å². The monoisotopic (exact) mass is 461 g/mol. The third kappa shape index (κ3) is 5.42. The van der Waals surface area contributed by atoms with Crippen LogP contribution in [0, 0.1) is 24.3 Å². The summed E-state index contributed by atoms with van der Waals surface area (Å²) in [5, 5.41) is 10.7. The molecule has 2 aromatic heterocycles. The molecule has 3 N–H and O–H groups in total. The summed E-state index contributed by atoms with van der Waals surface area (Å²) in [5.41, 5.74) is 4.51. The van der Waals surface area contributed by atoms with Gasteiger partial charge in [0.1, 0.15) is 18.9 Å². The van der Waals surface area contributed by atoms with Crippen LogP contribution in [0.2, 0.25) is 0 Å². The van der Waals surface area contributed by atoms with Gasteiger partial charge in [0.2, 0.25) is 0 Å². The van der Waals surface area contributed by atoms with E-state index in [2.05, 4.69) is 27.8 Å². The molecule has 1 saturated heterocycles. The number of aliphatic hydroxyl groups is 1. The molecule has 0 bridgehead atoms. The summed E-state index contributed by atoms with van der Waals surface area (Å²) in [6, 6.07) is 0. The van der Waals surface area contributed by atoms with E-state index in [-0.39, 0.29) is 41.9 Å². The molecular weight excluding hydrogens is 429 g/mol. The zero-order valence-electron chi connectivity index (χ0n) is 19.2. The van der Waals surface area contributed by atoms with Crippen LogP contribution in [-0.2, 0) is 14.3 Å². The second kappa shape index (κ2) is 10.9. The van der Waals surface area contributed by atoms with E-state index >= 15 is 0 Å². The highest BCUT2D eigenvalue weighted by Crippen LogP contribution is 2.38. The number of carbonyl (C=O) groups is 1. The van der Waals surface area contributed by atoms with Gasteiger partial charge in [0.25, 0.3) is 0 Å². The van der Waals surface area contributed by atoms with E-state index in [1.54, 1.807) is 0 Å². The molecule has 3 rings (SSSR count). The second-order valence-corrected chi connectivity index (χ2v) is 8.50. The number of rotatable bonds is 11. The SMILES string of the molecule is C#C[C@]1(COC(=O)C(CCC)CCCCCC)O[C@@H](n2cnc3c(N)nc(F)nc32)C[C@@H]1O. The van der Waals surface area contributed by atoms with Crippen LogP contribution in [0.1, 0.15) is 71.4 Å². The van der Waals surface area contributed by atoms with Crippen molar-refractivity contribution in [2.75, 3.05) is 12.3 Å². The minimum atomic E-state index is -1.53. The molecule has 3 heterocycles. The molecule has 1 unspecified atom stereocenters. The highest BCUT2D eigenvalue weighted by molar-refractivity contribution is 5.81. The van der Waals surface area contributed by atoms with Gasteiger partial charge < -0.3 is 20.3 Å². The van der Waals surface area contributed by atoms with Gasteiger partial charge in [-0.05, 0) is 12.8 Å². The van der Waals surface area contributed by atoms with Crippen LogP contribution in [0.25, 0.3) is 11.2 Å². The van der Waals surface area contributed by atoms with Crippen molar-refractivity contribution in [1.82, 2.24) is 19.5 Å². The number of unbranched alkanes of at least 4 members (excludes halogenated alkanes) is 3. The molecule has 0 amide bonds. The van der Waals surface area contributed by atoms with Gasteiger partial charge in [-0.2, -0.15) is 14.4 Å². The van der Waals surface area contributed by atoms with E-state index in [0.29, 0.717) is 0 Å². The van der Waals surface area contributed by atoms with Crippen molar-refractivity contribution in [3.05, 3.63) is 12.4 Å². The third-order valence-corrected chi connectivity index (χ3v) is 6.09. The summed E-state index contributed by atoms with van der Waals surface area (Å²) in [6.45, 7) is 3.88. The smallest absolute Gasteiger partial charge is 0.312 e. The lowest BCUT2D eigenvalue weighted by molar-refractivity contribution is -0.161. The third-order valence-electron chi connectivity index (χ3n) is 6.09. The van der Waals surface area contributed by atoms with Crippen molar-refractivity contribution in [2.24, 2.45) is 5.92 Å². The van der Waals surface area contributed by atoms with Crippen LogP contribution in [0.3, 0.4) is 0 Å². The fourth-order valence-electron chi connectivity index (χ4n) is 4.19. The van der Waals surface area contributed by atoms with Crippen LogP contribution >= 0.6 is 0 Å². The van der Waals surface area contributed by atoms with Gasteiger partial charge in [-0.1, -0.05) is 51.9 Å². The highest BCUT2D eigenvalue weighted by Gasteiger charge is 2.49. The first kappa shape index (κ1) is 24.9. The van der Waals surface area contributed by atoms with Gasteiger partial charge in [-0.25, -0.2) is 4.98 Å². The van der Waals surface area contributed by atoms with Gasteiger partial charge in [0.05, 0.1) is 12.2 Å². The van der Waals surface area contributed by atoms with Gasteiger partial charge in [0, 0.05) is 6.42 Å². The maximum Gasteiger partial charge on any atom is 0.312 e. The van der Waals surface area contributed by atoms with E-state index in [1.165, 1.54) is 10.9 Å². The Morgan fingerprint density at radius 3 is 2.88 bits per heavy atom.